The van der Waals surface area contributed by atoms with E-state index in [-0.39, 0.29) is 46.1 Å². The van der Waals surface area contributed by atoms with Crippen LogP contribution in [0.3, 0.4) is 0 Å². The summed E-state index contributed by atoms with van der Waals surface area (Å²) in [7, 11) is -3.06. The lowest BCUT2D eigenvalue weighted by molar-refractivity contribution is -0.129. The Labute approximate surface area is 172 Å². The summed E-state index contributed by atoms with van der Waals surface area (Å²) in [6.07, 6.45) is -0.0796. The van der Waals surface area contributed by atoms with Crippen LogP contribution in [0.25, 0.3) is 0 Å². The summed E-state index contributed by atoms with van der Waals surface area (Å²) in [4.78, 5) is 14.1. The largest absolute Gasteiger partial charge is 0.481 e. The molecule has 2 unspecified atom stereocenters. The Morgan fingerprint density at radius 2 is 2.10 bits per heavy atom. The molecule has 1 aliphatic rings. The third kappa shape index (κ3) is 5.69. The van der Waals surface area contributed by atoms with Crippen molar-refractivity contribution < 1.29 is 26.8 Å². The fraction of sp³-hybridized carbons (Fsp3) is 0.500. The number of sulfone groups is 1. The van der Waals surface area contributed by atoms with E-state index in [0.29, 0.717) is 18.7 Å². The van der Waals surface area contributed by atoms with Crippen LogP contribution in [0.2, 0.25) is 0 Å². The molecule has 11 heteroatoms. The van der Waals surface area contributed by atoms with Crippen molar-refractivity contribution in [2.45, 2.75) is 37.6 Å². The van der Waals surface area contributed by atoms with Crippen LogP contribution in [0, 0.1) is 5.82 Å². The Kier molecular flexibility index (Phi) is 6.78. The molecular weight excluding hydrogens is 421 g/mol. The second kappa shape index (κ2) is 9.12. The van der Waals surface area contributed by atoms with E-state index < -0.39 is 15.9 Å². The monoisotopic (exact) mass is 443 g/mol. The van der Waals surface area contributed by atoms with Gasteiger partial charge in [0.25, 0.3) is 11.1 Å². The molecule has 2 aromatic rings. The first-order valence-corrected chi connectivity index (χ1v) is 12.0. The van der Waals surface area contributed by atoms with Crippen LogP contribution in [-0.2, 0) is 14.6 Å². The van der Waals surface area contributed by atoms with Crippen LogP contribution in [0.5, 0.6) is 5.75 Å². The van der Waals surface area contributed by atoms with Crippen molar-refractivity contribution in [1.29, 1.82) is 0 Å². The molecule has 3 rings (SSSR count). The van der Waals surface area contributed by atoms with Crippen LogP contribution >= 0.6 is 11.8 Å². The quantitative estimate of drug-likeness (QED) is 0.574. The van der Waals surface area contributed by atoms with Gasteiger partial charge in [0, 0.05) is 12.6 Å². The molecule has 0 spiro atoms. The van der Waals surface area contributed by atoms with Gasteiger partial charge in [0.15, 0.2) is 15.9 Å². The fourth-order valence-corrected chi connectivity index (χ4v) is 5.46. The molecule has 2 heterocycles. The summed E-state index contributed by atoms with van der Waals surface area (Å²) in [5, 5.41) is 8.06. The molecule has 2 atom stereocenters. The average molecular weight is 444 g/mol. The fourth-order valence-electron chi connectivity index (χ4n) is 3.08. The molecule has 0 bridgehead atoms. The summed E-state index contributed by atoms with van der Waals surface area (Å²) < 4.78 is 47.5. The molecule has 0 saturated carbocycles. The van der Waals surface area contributed by atoms with Gasteiger partial charge in [0.1, 0.15) is 11.6 Å². The molecule has 1 aromatic heterocycles. The second-order valence-electron chi connectivity index (χ2n) is 6.65. The van der Waals surface area contributed by atoms with Crippen molar-refractivity contribution in [3.63, 3.8) is 0 Å². The van der Waals surface area contributed by atoms with Gasteiger partial charge in [-0.2, -0.15) is 0 Å². The molecule has 0 N–H and O–H groups in total. The van der Waals surface area contributed by atoms with E-state index in [1.54, 1.807) is 11.8 Å². The van der Waals surface area contributed by atoms with E-state index in [2.05, 4.69) is 10.2 Å². The first-order chi connectivity index (χ1) is 13.8. The van der Waals surface area contributed by atoms with Crippen molar-refractivity contribution in [3.8, 4) is 5.75 Å². The summed E-state index contributed by atoms with van der Waals surface area (Å²) in [6, 6.07) is 5.30. The predicted molar refractivity (Wildman–Crippen MR) is 105 cm³/mol. The van der Waals surface area contributed by atoms with E-state index >= 15 is 0 Å². The average Bonchev–Trinajstić information content (AvgIpc) is 3.29. The highest BCUT2D eigenvalue weighted by molar-refractivity contribution is 7.99. The van der Waals surface area contributed by atoms with Gasteiger partial charge >= 0.3 is 0 Å². The van der Waals surface area contributed by atoms with E-state index in [1.165, 1.54) is 24.3 Å². The minimum Gasteiger partial charge on any atom is -0.481 e. The van der Waals surface area contributed by atoms with Gasteiger partial charge in [0.05, 0.1) is 17.3 Å². The van der Waals surface area contributed by atoms with Gasteiger partial charge in [-0.15, -0.1) is 10.2 Å². The van der Waals surface area contributed by atoms with Gasteiger partial charge in [-0.1, -0.05) is 11.8 Å². The molecule has 29 heavy (non-hydrogen) atoms. The first kappa shape index (κ1) is 21.6. The number of rotatable bonds is 8. The Morgan fingerprint density at radius 3 is 2.72 bits per heavy atom. The molecule has 0 aliphatic carbocycles. The third-order valence-electron chi connectivity index (χ3n) is 4.53. The number of aromatic nitrogens is 2. The number of benzene rings is 1. The van der Waals surface area contributed by atoms with Crippen LogP contribution in [0.15, 0.2) is 33.9 Å². The Morgan fingerprint density at radius 1 is 1.38 bits per heavy atom. The summed E-state index contributed by atoms with van der Waals surface area (Å²) in [5.41, 5.74) is 0. The maximum atomic E-state index is 13.0. The highest BCUT2D eigenvalue weighted by Crippen LogP contribution is 2.25. The Hall–Kier alpha value is -2.14. The second-order valence-corrected chi connectivity index (χ2v) is 9.80. The van der Waals surface area contributed by atoms with Crippen LogP contribution in [0.4, 0.5) is 4.39 Å². The van der Waals surface area contributed by atoms with Gasteiger partial charge in [-0.05, 0) is 44.5 Å². The molecule has 1 aliphatic heterocycles. The highest BCUT2D eigenvalue weighted by Gasteiger charge is 2.34. The molecule has 1 aromatic carbocycles. The SMILES string of the molecule is CCN(C(=O)CSc1nnc(C(C)Oc2ccc(F)cc2)o1)C1CCS(=O)(=O)C1. The molecular formula is C18H22FN3O5S2. The normalized spacial score (nSPS) is 19.1. The van der Waals surface area contributed by atoms with E-state index in [0.717, 1.165) is 11.8 Å². The third-order valence-corrected chi connectivity index (χ3v) is 7.08. The number of hydrogen-bond acceptors (Lipinski definition) is 8. The van der Waals surface area contributed by atoms with E-state index in [9.17, 15) is 17.6 Å². The molecule has 1 fully saturated rings. The lowest BCUT2D eigenvalue weighted by atomic mass is 10.2. The van der Waals surface area contributed by atoms with Crippen molar-refractivity contribution in [2.24, 2.45) is 0 Å². The van der Waals surface area contributed by atoms with Crippen LogP contribution in [0.1, 0.15) is 32.3 Å². The molecule has 8 nitrogen and oxygen atoms in total. The molecule has 1 amide bonds. The minimum absolute atomic E-state index is 0.0141. The van der Waals surface area contributed by atoms with Gasteiger partial charge < -0.3 is 14.1 Å². The summed E-state index contributed by atoms with van der Waals surface area (Å²) in [6.45, 7) is 3.99. The molecule has 0 radical (unpaired) electrons. The summed E-state index contributed by atoms with van der Waals surface area (Å²) >= 11 is 1.09. The zero-order valence-electron chi connectivity index (χ0n) is 16.1. The smallest absolute Gasteiger partial charge is 0.277 e. The van der Waals surface area contributed by atoms with E-state index in [4.69, 9.17) is 9.15 Å². The van der Waals surface area contributed by atoms with Gasteiger partial charge in [-0.25, -0.2) is 12.8 Å². The maximum Gasteiger partial charge on any atom is 0.277 e. The Bertz CT molecular complexity index is 949. The number of carbonyl (C=O) groups excluding carboxylic acids is 1. The standard InChI is InChI=1S/C18H22FN3O5S2/c1-3-22(14-8-9-29(24,25)11-14)16(23)10-28-18-21-20-17(27-18)12(2)26-15-6-4-13(19)5-7-15/h4-7,12,14H,3,8-11H2,1-2H3. The first-order valence-electron chi connectivity index (χ1n) is 9.15. The molecule has 158 valence electrons. The van der Waals surface area contributed by atoms with Crippen molar-refractivity contribution in [1.82, 2.24) is 15.1 Å². The highest BCUT2D eigenvalue weighted by atomic mass is 32.2. The maximum absolute atomic E-state index is 13.0. The van der Waals surface area contributed by atoms with Crippen LogP contribution in [-0.4, -0.2) is 59.3 Å². The van der Waals surface area contributed by atoms with Crippen molar-refractivity contribution in [3.05, 3.63) is 36.0 Å². The predicted octanol–water partition coefficient (Wildman–Crippen LogP) is 2.48. The lowest BCUT2D eigenvalue weighted by Crippen LogP contribution is -2.41. The molecule has 1 saturated heterocycles. The van der Waals surface area contributed by atoms with E-state index in [1.807, 2.05) is 6.92 Å². The van der Waals surface area contributed by atoms with Gasteiger partial charge in [-0.3, -0.25) is 4.79 Å². The number of carbonyl (C=O) groups is 1. The number of halogens is 1. The number of amides is 1. The topological polar surface area (TPSA) is 103 Å². The summed E-state index contributed by atoms with van der Waals surface area (Å²) in [5.74, 6) is 0.370. The van der Waals surface area contributed by atoms with Crippen molar-refractivity contribution in [2.75, 3.05) is 23.8 Å². The zero-order chi connectivity index (χ0) is 21.0. The van der Waals surface area contributed by atoms with Crippen LogP contribution < -0.4 is 4.74 Å². The van der Waals surface area contributed by atoms with Gasteiger partial charge in [0.2, 0.25) is 5.91 Å². The number of ether oxygens (including phenoxy) is 1. The number of thioether (sulfide) groups is 1. The zero-order valence-corrected chi connectivity index (χ0v) is 17.7. The number of hydrogen-bond donors (Lipinski definition) is 0. The minimum atomic E-state index is -3.06. The lowest BCUT2D eigenvalue weighted by Gasteiger charge is -2.26. The number of nitrogens with zero attached hydrogens (tertiary/aromatic N) is 3. The van der Waals surface area contributed by atoms with Crippen molar-refractivity contribution >= 4 is 27.5 Å². The Balaban J connectivity index is 1.54.